The first-order valence-electron chi connectivity index (χ1n) is 12.2. The largest absolute Gasteiger partial charge is 0.416 e. The lowest BCUT2D eigenvalue weighted by molar-refractivity contribution is -0.138. The number of piperazine rings is 1. The average molecular weight is 528 g/mol. The fraction of sp³-hybridized carbons (Fsp3) is 0.333. The van der Waals surface area contributed by atoms with Crippen LogP contribution < -0.4 is 5.32 Å². The van der Waals surface area contributed by atoms with Crippen molar-refractivity contribution in [3.63, 3.8) is 0 Å². The van der Waals surface area contributed by atoms with Crippen LogP contribution >= 0.6 is 11.5 Å². The Balaban J connectivity index is 1.33. The molecule has 1 saturated heterocycles. The molecule has 1 amide bonds. The molecule has 1 aliphatic heterocycles. The lowest BCUT2D eigenvalue weighted by atomic mass is 10.0. The summed E-state index contributed by atoms with van der Waals surface area (Å²) in [5.74, 6) is -0.476. The predicted octanol–water partition coefficient (Wildman–Crippen LogP) is 5.71. The fourth-order valence-electron chi connectivity index (χ4n) is 4.62. The molecule has 2 aromatic carbocycles. The molecule has 0 atom stereocenters. The van der Waals surface area contributed by atoms with Gasteiger partial charge in [-0.1, -0.05) is 25.1 Å². The first-order chi connectivity index (χ1) is 17.7. The maximum atomic E-state index is 13.9. The minimum Gasteiger partial charge on any atom is -0.322 e. The lowest BCUT2D eigenvalue weighted by Gasteiger charge is -2.34. The summed E-state index contributed by atoms with van der Waals surface area (Å²) in [4.78, 5) is 22.8. The molecule has 0 bridgehead atoms. The van der Waals surface area contributed by atoms with Crippen molar-refractivity contribution in [2.75, 3.05) is 38.0 Å². The van der Waals surface area contributed by atoms with Crippen molar-refractivity contribution in [1.29, 1.82) is 0 Å². The molecule has 0 saturated carbocycles. The number of nitrogens with zero attached hydrogens (tertiary/aromatic N) is 4. The van der Waals surface area contributed by atoms with Crippen molar-refractivity contribution < 1.29 is 18.0 Å². The van der Waals surface area contributed by atoms with Gasteiger partial charge in [-0.15, -0.1) is 0 Å². The Bertz CT molecular complexity index is 1420. The van der Waals surface area contributed by atoms with Crippen LogP contribution in [-0.2, 0) is 19.8 Å². The van der Waals surface area contributed by atoms with Crippen LogP contribution in [0.5, 0.6) is 0 Å². The van der Waals surface area contributed by atoms with E-state index in [2.05, 4.69) is 22.1 Å². The highest BCUT2D eigenvalue weighted by Crippen LogP contribution is 2.35. The molecule has 1 fully saturated rings. The van der Waals surface area contributed by atoms with E-state index < -0.39 is 17.6 Å². The molecular weight excluding hydrogens is 499 g/mol. The van der Waals surface area contributed by atoms with Gasteiger partial charge in [-0.2, -0.15) is 13.2 Å². The van der Waals surface area contributed by atoms with Gasteiger partial charge in [0.05, 0.1) is 16.8 Å². The Morgan fingerprint density at radius 3 is 2.46 bits per heavy atom. The minimum absolute atomic E-state index is 0.112. The number of carbonyl (C=O) groups is 1. The van der Waals surface area contributed by atoms with Gasteiger partial charge in [-0.25, -0.2) is 4.98 Å². The van der Waals surface area contributed by atoms with Gasteiger partial charge >= 0.3 is 6.18 Å². The van der Waals surface area contributed by atoms with Gasteiger partial charge in [-0.05, 0) is 60.0 Å². The van der Waals surface area contributed by atoms with Gasteiger partial charge in [0.25, 0.3) is 5.91 Å². The van der Waals surface area contributed by atoms with Gasteiger partial charge in [-0.3, -0.25) is 13.7 Å². The summed E-state index contributed by atoms with van der Waals surface area (Å²) in [5.41, 5.74) is 2.50. The van der Waals surface area contributed by atoms with Gasteiger partial charge in [0.1, 0.15) is 0 Å². The third-order valence-corrected chi connectivity index (χ3v) is 7.75. The van der Waals surface area contributed by atoms with Crippen LogP contribution in [0.25, 0.3) is 21.6 Å². The number of hydrogen-bond acceptors (Lipinski definition) is 5. The smallest absolute Gasteiger partial charge is 0.322 e. The molecule has 0 spiro atoms. The first-order valence-corrected chi connectivity index (χ1v) is 13.0. The Kier molecular flexibility index (Phi) is 7.06. The molecule has 194 valence electrons. The summed E-state index contributed by atoms with van der Waals surface area (Å²) in [6.45, 7) is 6.41. The fourth-order valence-corrected chi connectivity index (χ4v) is 5.43. The van der Waals surface area contributed by atoms with Crippen LogP contribution in [0, 0.1) is 0 Å². The van der Waals surface area contributed by atoms with E-state index >= 15 is 0 Å². The zero-order valence-corrected chi connectivity index (χ0v) is 21.5. The third-order valence-electron chi connectivity index (χ3n) is 6.80. The first kappa shape index (κ1) is 25.4. The monoisotopic (exact) mass is 527 g/mol. The molecule has 6 nitrogen and oxygen atoms in total. The predicted molar refractivity (Wildman–Crippen MR) is 141 cm³/mol. The number of pyridine rings is 1. The summed E-state index contributed by atoms with van der Waals surface area (Å²) in [6, 6.07) is 14.9. The van der Waals surface area contributed by atoms with Crippen molar-refractivity contribution >= 4 is 33.5 Å². The molecule has 37 heavy (non-hydrogen) atoms. The molecule has 1 N–H and O–H groups in total. The van der Waals surface area contributed by atoms with Crippen LogP contribution in [-0.4, -0.2) is 57.4 Å². The summed E-state index contributed by atoms with van der Waals surface area (Å²) in [6.07, 6.45) is -4.52. The molecule has 0 radical (unpaired) electrons. The Labute approximate surface area is 217 Å². The van der Waals surface area contributed by atoms with Gasteiger partial charge in [0, 0.05) is 56.6 Å². The number of hydrogen-bond donors (Lipinski definition) is 1. The molecule has 0 aliphatic carbocycles. The van der Waals surface area contributed by atoms with E-state index in [1.165, 1.54) is 17.6 Å². The van der Waals surface area contributed by atoms with Crippen molar-refractivity contribution in [3.8, 4) is 11.3 Å². The number of fused-ring (bicyclic) bond motifs is 1. The molecule has 0 unspecified atom stereocenters. The second-order valence-electron chi connectivity index (χ2n) is 9.22. The van der Waals surface area contributed by atoms with E-state index in [0.29, 0.717) is 5.56 Å². The molecule has 10 heteroatoms. The molecule has 2 aromatic heterocycles. The zero-order chi connectivity index (χ0) is 26.2. The second kappa shape index (κ2) is 10.3. The number of aryl methyl sites for hydroxylation is 1. The highest BCUT2D eigenvalue weighted by molar-refractivity contribution is 7.15. The van der Waals surface area contributed by atoms with E-state index in [1.807, 2.05) is 34.1 Å². The van der Waals surface area contributed by atoms with Gasteiger partial charge in [0.15, 0.2) is 4.83 Å². The van der Waals surface area contributed by atoms with Crippen LogP contribution in [0.3, 0.4) is 0 Å². The zero-order valence-electron chi connectivity index (χ0n) is 20.7. The Morgan fingerprint density at radius 2 is 1.78 bits per heavy atom. The summed E-state index contributed by atoms with van der Waals surface area (Å²) < 4.78 is 43.8. The van der Waals surface area contributed by atoms with Crippen LogP contribution in [0.2, 0.25) is 0 Å². The summed E-state index contributed by atoms with van der Waals surface area (Å²) in [7, 11) is 1.96. The number of carbonyl (C=O) groups excluding carboxylic acids is 1. The van der Waals surface area contributed by atoms with E-state index in [-0.39, 0.29) is 17.8 Å². The number of halogens is 3. The SMILES string of the molecule is CCN1CCN(Cc2ccc(NC(=O)c3cccc(-c4ccc5c(n4)sn5C)c3)cc2C(F)(F)F)CC1. The number of benzene rings is 2. The van der Waals surface area contributed by atoms with Crippen molar-refractivity contribution in [2.45, 2.75) is 19.6 Å². The van der Waals surface area contributed by atoms with Crippen LogP contribution in [0.4, 0.5) is 18.9 Å². The quantitative estimate of drug-likeness (QED) is 0.349. The lowest BCUT2D eigenvalue weighted by Crippen LogP contribution is -2.45. The molecular formula is C27H28F3N5OS. The normalized spacial score (nSPS) is 15.4. The van der Waals surface area contributed by atoms with E-state index in [4.69, 9.17) is 0 Å². The topological polar surface area (TPSA) is 53.4 Å². The Hall–Kier alpha value is -3.21. The van der Waals surface area contributed by atoms with Crippen molar-refractivity contribution in [1.82, 2.24) is 18.7 Å². The van der Waals surface area contributed by atoms with Crippen molar-refractivity contribution in [2.24, 2.45) is 7.05 Å². The number of anilines is 1. The van der Waals surface area contributed by atoms with Gasteiger partial charge in [0.2, 0.25) is 0 Å². The number of amides is 1. The third kappa shape index (κ3) is 5.56. The molecule has 5 rings (SSSR count). The molecule has 4 aromatic rings. The maximum Gasteiger partial charge on any atom is 0.416 e. The van der Waals surface area contributed by atoms with E-state index in [9.17, 15) is 18.0 Å². The number of likely N-dealkylation sites (N-methyl/N-ethyl adjacent to an activating group) is 1. The summed E-state index contributed by atoms with van der Waals surface area (Å²) in [5, 5.41) is 2.64. The Morgan fingerprint density at radius 1 is 1.03 bits per heavy atom. The van der Waals surface area contributed by atoms with E-state index in [0.717, 1.165) is 60.4 Å². The molecule has 3 heterocycles. The molecule has 1 aliphatic rings. The number of alkyl halides is 3. The maximum absolute atomic E-state index is 13.9. The second-order valence-corrected chi connectivity index (χ2v) is 10.3. The number of rotatable bonds is 6. The average Bonchev–Trinajstić information content (AvgIpc) is 2.88. The number of aromatic nitrogens is 2. The van der Waals surface area contributed by atoms with Crippen LogP contribution in [0.15, 0.2) is 54.6 Å². The highest BCUT2D eigenvalue weighted by atomic mass is 32.1. The van der Waals surface area contributed by atoms with Crippen LogP contribution in [0.1, 0.15) is 28.4 Å². The van der Waals surface area contributed by atoms with Crippen molar-refractivity contribution in [3.05, 3.63) is 71.3 Å². The minimum atomic E-state index is -4.52. The standard InChI is InChI=1S/C27H28F3N5OS/c1-3-34-11-13-35(14-12-34)17-20-7-8-21(16-22(20)27(28,29)30)31-25(36)19-6-4-5-18(15-19)23-9-10-24-26(32-23)37-33(24)2/h4-10,15-16H,3,11-14,17H2,1-2H3,(H,31,36). The van der Waals surface area contributed by atoms with Gasteiger partial charge < -0.3 is 10.2 Å². The van der Waals surface area contributed by atoms with E-state index in [1.54, 1.807) is 24.3 Å². The number of nitrogens with one attached hydrogen (secondary N) is 1. The highest BCUT2D eigenvalue weighted by Gasteiger charge is 2.34. The summed E-state index contributed by atoms with van der Waals surface area (Å²) >= 11 is 1.54.